The molecule has 0 radical (unpaired) electrons. The Morgan fingerprint density at radius 3 is 2.71 bits per heavy atom. The molecule has 0 aliphatic heterocycles. The fourth-order valence-electron chi connectivity index (χ4n) is 1.72. The van der Waals surface area contributed by atoms with E-state index in [2.05, 4.69) is 17.2 Å². The average molecular weight is 348 g/mol. The number of nitrogens with one attached hydrogen (secondary N) is 1. The molecule has 2 rings (SSSR count). The van der Waals surface area contributed by atoms with E-state index in [1.54, 1.807) is 35.6 Å². The summed E-state index contributed by atoms with van der Waals surface area (Å²) in [5, 5.41) is 6.00. The predicted molar refractivity (Wildman–Crippen MR) is 92.7 cm³/mol. The maximum Gasteiger partial charge on any atom is 0.251 e. The van der Waals surface area contributed by atoms with Crippen molar-refractivity contribution >= 4 is 47.7 Å². The lowest BCUT2D eigenvalue weighted by Crippen LogP contribution is -2.26. The van der Waals surface area contributed by atoms with Crippen molar-refractivity contribution in [3.8, 4) is 0 Å². The van der Waals surface area contributed by atoms with E-state index in [-0.39, 0.29) is 36.8 Å². The van der Waals surface area contributed by atoms with Crippen molar-refractivity contribution in [1.82, 2.24) is 10.3 Å². The largest absolute Gasteiger partial charge is 0.399 e. The second-order valence-electron chi connectivity index (χ2n) is 4.34. The highest BCUT2D eigenvalue weighted by atomic mass is 35.5. The van der Waals surface area contributed by atoms with E-state index in [1.807, 2.05) is 12.3 Å². The standard InChI is InChI=1S/C14H17N3OS.2ClH/c1-3-13-17-12(8-19-13)9(2)16-14(18)10-5-4-6-11(15)7-10;;/h4-9H,3,15H2,1-2H3,(H,16,18);2*1H. The minimum atomic E-state index is -0.133. The molecule has 0 saturated carbocycles. The van der Waals surface area contributed by atoms with Crippen LogP contribution in [0.2, 0.25) is 0 Å². The molecule has 1 amide bonds. The van der Waals surface area contributed by atoms with E-state index in [0.717, 1.165) is 17.1 Å². The number of anilines is 1. The fourth-order valence-corrected chi connectivity index (χ4v) is 2.56. The number of aromatic nitrogens is 1. The van der Waals surface area contributed by atoms with Crippen molar-refractivity contribution in [2.24, 2.45) is 0 Å². The second kappa shape index (κ2) is 8.87. The van der Waals surface area contributed by atoms with Crippen LogP contribution in [0.5, 0.6) is 0 Å². The number of nitrogens with zero attached hydrogens (tertiary/aromatic N) is 1. The van der Waals surface area contributed by atoms with Gasteiger partial charge >= 0.3 is 0 Å². The summed E-state index contributed by atoms with van der Waals surface area (Å²) in [6, 6.07) is 6.84. The van der Waals surface area contributed by atoms with E-state index < -0.39 is 0 Å². The number of hydrogen-bond donors (Lipinski definition) is 2. The van der Waals surface area contributed by atoms with Crippen molar-refractivity contribution in [1.29, 1.82) is 0 Å². The SMILES string of the molecule is CCc1nc(C(C)NC(=O)c2cccc(N)c2)cs1.Cl.Cl. The summed E-state index contributed by atoms with van der Waals surface area (Å²) in [4.78, 5) is 16.5. The molecule has 0 aliphatic rings. The minimum Gasteiger partial charge on any atom is -0.399 e. The van der Waals surface area contributed by atoms with Crippen LogP contribution in [0.3, 0.4) is 0 Å². The van der Waals surface area contributed by atoms with Gasteiger partial charge in [-0.1, -0.05) is 13.0 Å². The van der Waals surface area contributed by atoms with Gasteiger partial charge in [-0.25, -0.2) is 4.98 Å². The smallest absolute Gasteiger partial charge is 0.251 e. The van der Waals surface area contributed by atoms with Gasteiger partial charge in [0.1, 0.15) is 0 Å². The van der Waals surface area contributed by atoms with Gasteiger partial charge in [-0.2, -0.15) is 0 Å². The zero-order valence-corrected chi connectivity index (χ0v) is 14.3. The first-order chi connectivity index (χ1) is 9.10. The molecule has 7 heteroatoms. The topological polar surface area (TPSA) is 68.0 Å². The number of rotatable bonds is 4. The van der Waals surface area contributed by atoms with Crippen LogP contribution in [0.1, 0.15) is 40.9 Å². The quantitative estimate of drug-likeness (QED) is 0.829. The number of nitrogen functional groups attached to an aromatic ring is 1. The van der Waals surface area contributed by atoms with Crippen molar-refractivity contribution in [3.63, 3.8) is 0 Å². The minimum absolute atomic E-state index is 0. The maximum absolute atomic E-state index is 12.1. The molecule has 1 heterocycles. The summed E-state index contributed by atoms with van der Waals surface area (Å²) >= 11 is 1.62. The van der Waals surface area contributed by atoms with Crippen molar-refractivity contribution in [3.05, 3.63) is 45.9 Å². The van der Waals surface area contributed by atoms with Crippen LogP contribution < -0.4 is 11.1 Å². The number of benzene rings is 1. The van der Waals surface area contributed by atoms with Crippen LogP contribution in [-0.4, -0.2) is 10.9 Å². The molecule has 0 aliphatic carbocycles. The van der Waals surface area contributed by atoms with Gasteiger partial charge in [0.05, 0.1) is 16.7 Å². The lowest BCUT2D eigenvalue weighted by molar-refractivity contribution is 0.0939. The van der Waals surface area contributed by atoms with Gasteiger partial charge < -0.3 is 11.1 Å². The van der Waals surface area contributed by atoms with E-state index in [0.29, 0.717) is 11.3 Å². The van der Waals surface area contributed by atoms with Crippen molar-refractivity contribution in [2.75, 3.05) is 5.73 Å². The second-order valence-corrected chi connectivity index (χ2v) is 5.28. The van der Waals surface area contributed by atoms with Gasteiger partial charge in [0.25, 0.3) is 5.91 Å². The van der Waals surface area contributed by atoms with Gasteiger partial charge in [-0.3, -0.25) is 4.79 Å². The Labute approximate surface area is 141 Å². The van der Waals surface area contributed by atoms with Crippen LogP contribution >= 0.6 is 36.2 Å². The summed E-state index contributed by atoms with van der Waals surface area (Å²) in [6.45, 7) is 4.00. The van der Waals surface area contributed by atoms with E-state index >= 15 is 0 Å². The zero-order chi connectivity index (χ0) is 13.8. The van der Waals surface area contributed by atoms with Gasteiger partial charge in [0.2, 0.25) is 0 Å². The van der Waals surface area contributed by atoms with Crippen LogP contribution in [0.25, 0.3) is 0 Å². The van der Waals surface area contributed by atoms with E-state index in [4.69, 9.17) is 5.73 Å². The first kappa shape index (κ1) is 19.7. The van der Waals surface area contributed by atoms with Crippen LogP contribution in [0, 0.1) is 0 Å². The molecular formula is C14H19Cl2N3OS. The van der Waals surface area contributed by atoms with Gasteiger partial charge in [0.15, 0.2) is 0 Å². The highest BCUT2D eigenvalue weighted by Crippen LogP contribution is 2.17. The fraction of sp³-hybridized carbons (Fsp3) is 0.286. The molecule has 2 aromatic rings. The Hall–Kier alpha value is -1.30. The molecule has 0 spiro atoms. The Morgan fingerprint density at radius 2 is 2.14 bits per heavy atom. The first-order valence-corrected chi connectivity index (χ1v) is 7.08. The Morgan fingerprint density at radius 1 is 1.43 bits per heavy atom. The number of aryl methyl sites for hydroxylation is 1. The normalized spacial score (nSPS) is 11.0. The third-order valence-electron chi connectivity index (χ3n) is 2.81. The summed E-state index contributed by atoms with van der Waals surface area (Å²) in [7, 11) is 0. The highest BCUT2D eigenvalue weighted by Gasteiger charge is 2.14. The lowest BCUT2D eigenvalue weighted by atomic mass is 10.1. The van der Waals surface area contributed by atoms with Gasteiger partial charge in [-0.15, -0.1) is 36.2 Å². The molecular weight excluding hydrogens is 329 g/mol. The van der Waals surface area contributed by atoms with Gasteiger partial charge in [-0.05, 0) is 31.5 Å². The van der Waals surface area contributed by atoms with Crippen molar-refractivity contribution in [2.45, 2.75) is 26.3 Å². The third-order valence-corrected chi connectivity index (χ3v) is 3.82. The molecule has 0 fully saturated rings. The molecule has 1 unspecified atom stereocenters. The zero-order valence-electron chi connectivity index (χ0n) is 11.8. The Kier molecular flexibility index (Phi) is 8.32. The molecule has 116 valence electrons. The molecule has 1 aromatic heterocycles. The van der Waals surface area contributed by atoms with Crippen LogP contribution in [-0.2, 0) is 6.42 Å². The number of carbonyl (C=O) groups excluding carboxylic acids is 1. The highest BCUT2D eigenvalue weighted by molar-refractivity contribution is 7.09. The summed E-state index contributed by atoms with van der Waals surface area (Å²) in [5.74, 6) is -0.133. The molecule has 3 N–H and O–H groups in total. The molecule has 4 nitrogen and oxygen atoms in total. The average Bonchev–Trinajstić information content (AvgIpc) is 2.87. The summed E-state index contributed by atoms with van der Waals surface area (Å²) in [5.41, 5.74) is 7.72. The lowest BCUT2D eigenvalue weighted by Gasteiger charge is -2.11. The van der Waals surface area contributed by atoms with Crippen molar-refractivity contribution < 1.29 is 4.79 Å². The van der Waals surface area contributed by atoms with Gasteiger partial charge in [0, 0.05) is 16.6 Å². The number of carbonyl (C=O) groups is 1. The monoisotopic (exact) mass is 347 g/mol. The summed E-state index contributed by atoms with van der Waals surface area (Å²) < 4.78 is 0. The molecule has 21 heavy (non-hydrogen) atoms. The third kappa shape index (κ3) is 5.19. The van der Waals surface area contributed by atoms with Crippen LogP contribution in [0.4, 0.5) is 5.69 Å². The Balaban J connectivity index is 0.00000200. The van der Waals surface area contributed by atoms with E-state index in [1.165, 1.54) is 0 Å². The predicted octanol–water partition coefficient (Wildman–Crippen LogP) is 3.62. The molecule has 0 bridgehead atoms. The molecule has 1 aromatic carbocycles. The van der Waals surface area contributed by atoms with Crippen LogP contribution in [0.15, 0.2) is 29.6 Å². The number of halogens is 2. The summed E-state index contributed by atoms with van der Waals surface area (Å²) in [6.07, 6.45) is 0.917. The number of nitrogens with two attached hydrogens (primary N) is 1. The molecule has 0 saturated heterocycles. The number of amides is 1. The molecule has 1 atom stereocenters. The Bertz CT molecular complexity index is 589. The first-order valence-electron chi connectivity index (χ1n) is 6.21. The number of hydrogen-bond acceptors (Lipinski definition) is 4. The van der Waals surface area contributed by atoms with E-state index in [9.17, 15) is 4.79 Å². The maximum atomic E-state index is 12.1. The number of thiazole rings is 1.